The summed E-state index contributed by atoms with van der Waals surface area (Å²) in [6.07, 6.45) is -0.531. The number of aliphatic hydroxyl groups excluding tert-OH is 1. The second-order valence-corrected chi connectivity index (χ2v) is 3.62. The van der Waals surface area contributed by atoms with Crippen LogP contribution in [0, 0.1) is 6.92 Å². The highest BCUT2D eigenvalue weighted by atomic mass is 35.5. The molecule has 0 aliphatic carbocycles. The summed E-state index contributed by atoms with van der Waals surface area (Å²) in [4.78, 5) is 4.17. The first kappa shape index (κ1) is 15.6. The van der Waals surface area contributed by atoms with Gasteiger partial charge in [0.2, 0.25) is 0 Å². The van der Waals surface area contributed by atoms with Gasteiger partial charge in [-0.2, -0.15) is 0 Å². The molecule has 13 heavy (non-hydrogen) atoms. The molecule has 1 rings (SSSR count). The van der Waals surface area contributed by atoms with E-state index < -0.39 is 6.10 Å². The van der Waals surface area contributed by atoms with Crippen molar-refractivity contribution >= 4 is 36.2 Å². The topological polar surface area (TPSA) is 59.1 Å². The molecule has 0 saturated carbocycles. The molecule has 3 nitrogen and oxygen atoms in total. The predicted molar refractivity (Wildman–Crippen MR) is 60.0 cm³/mol. The van der Waals surface area contributed by atoms with Gasteiger partial charge in [0.15, 0.2) is 0 Å². The summed E-state index contributed by atoms with van der Waals surface area (Å²) in [5.41, 5.74) is 6.43. The van der Waals surface area contributed by atoms with Crippen LogP contribution in [0.2, 0.25) is 0 Å². The third kappa shape index (κ3) is 4.24. The summed E-state index contributed by atoms with van der Waals surface area (Å²) in [5, 5.41) is 12.0. The van der Waals surface area contributed by atoms with Gasteiger partial charge in [-0.3, -0.25) is 0 Å². The Labute approximate surface area is 94.2 Å². The van der Waals surface area contributed by atoms with Crippen LogP contribution in [0.25, 0.3) is 0 Å². The van der Waals surface area contributed by atoms with Crippen LogP contribution in [0.15, 0.2) is 5.38 Å². The van der Waals surface area contributed by atoms with E-state index in [2.05, 4.69) is 4.98 Å². The van der Waals surface area contributed by atoms with E-state index in [-0.39, 0.29) is 30.9 Å². The third-order valence-corrected chi connectivity index (χ3v) is 2.29. The van der Waals surface area contributed by atoms with Crippen LogP contribution in [0.3, 0.4) is 0 Å². The van der Waals surface area contributed by atoms with Gasteiger partial charge in [0, 0.05) is 5.38 Å². The molecule has 0 aromatic carbocycles. The number of rotatable bonds is 2. The van der Waals surface area contributed by atoms with Gasteiger partial charge >= 0.3 is 0 Å². The van der Waals surface area contributed by atoms with Gasteiger partial charge in [-0.1, -0.05) is 0 Å². The van der Waals surface area contributed by atoms with E-state index in [0.29, 0.717) is 0 Å². The summed E-state index contributed by atoms with van der Waals surface area (Å²) in [7, 11) is 0. The number of hydrogen-bond donors (Lipinski definition) is 2. The Morgan fingerprint density at radius 2 is 2.08 bits per heavy atom. The first-order valence-corrected chi connectivity index (χ1v) is 4.35. The van der Waals surface area contributed by atoms with Gasteiger partial charge in [0.1, 0.15) is 0 Å². The second-order valence-electron chi connectivity index (χ2n) is 2.56. The fourth-order valence-electron chi connectivity index (χ4n) is 0.780. The molecule has 0 bridgehead atoms. The summed E-state index contributed by atoms with van der Waals surface area (Å²) < 4.78 is 0. The molecule has 2 atom stereocenters. The largest absolute Gasteiger partial charge is 0.391 e. The van der Waals surface area contributed by atoms with Crippen molar-refractivity contribution in [1.29, 1.82) is 0 Å². The maximum absolute atomic E-state index is 9.12. The van der Waals surface area contributed by atoms with E-state index in [1.807, 2.05) is 12.3 Å². The van der Waals surface area contributed by atoms with Crippen molar-refractivity contribution in [3.05, 3.63) is 16.1 Å². The fourth-order valence-corrected chi connectivity index (χ4v) is 1.44. The average molecular weight is 245 g/mol. The number of aliphatic hydroxyl groups is 1. The minimum atomic E-state index is -0.531. The van der Waals surface area contributed by atoms with Crippen LogP contribution >= 0.6 is 36.2 Å². The van der Waals surface area contributed by atoms with E-state index >= 15 is 0 Å². The summed E-state index contributed by atoms with van der Waals surface area (Å²) in [6, 6.07) is -0.347. The number of aromatic nitrogens is 1. The van der Waals surface area contributed by atoms with Gasteiger partial charge in [-0.05, 0) is 13.8 Å². The Morgan fingerprint density at radius 1 is 1.54 bits per heavy atom. The Balaban J connectivity index is 0. The molecule has 6 heteroatoms. The lowest BCUT2D eigenvalue weighted by Crippen LogP contribution is -2.23. The molecule has 2 unspecified atom stereocenters. The van der Waals surface area contributed by atoms with Crippen LogP contribution in [-0.2, 0) is 0 Å². The quantitative estimate of drug-likeness (QED) is 0.833. The number of halogens is 2. The normalized spacial score (nSPS) is 13.8. The summed E-state index contributed by atoms with van der Waals surface area (Å²) >= 11 is 1.55. The Kier molecular flexibility index (Phi) is 7.87. The lowest BCUT2D eigenvalue weighted by molar-refractivity contribution is 0.163. The number of aryl methyl sites for hydroxylation is 1. The maximum atomic E-state index is 9.12. The van der Waals surface area contributed by atoms with E-state index in [4.69, 9.17) is 10.8 Å². The first-order chi connectivity index (χ1) is 5.11. The molecule has 0 aliphatic rings. The van der Waals surface area contributed by atoms with Crippen molar-refractivity contribution in [2.45, 2.75) is 26.0 Å². The number of nitrogens with zero attached hydrogens (tertiary/aromatic N) is 1. The first-order valence-electron chi connectivity index (χ1n) is 3.47. The minimum Gasteiger partial charge on any atom is -0.391 e. The van der Waals surface area contributed by atoms with E-state index in [9.17, 15) is 0 Å². The molecule has 0 spiro atoms. The van der Waals surface area contributed by atoms with Crippen molar-refractivity contribution in [1.82, 2.24) is 4.98 Å². The van der Waals surface area contributed by atoms with Gasteiger partial charge in [0.05, 0.1) is 22.8 Å². The molecular formula is C7H14Cl2N2OS. The van der Waals surface area contributed by atoms with E-state index in [0.717, 1.165) is 10.7 Å². The van der Waals surface area contributed by atoms with Gasteiger partial charge in [-0.25, -0.2) is 4.98 Å². The monoisotopic (exact) mass is 244 g/mol. The van der Waals surface area contributed by atoms with Crippen molar-refractivity contribution in [2.24, 2.45) is 5.73 Å². The van der Waals surface area contributed by atoms with Crippen LogP contribution in [0.4, 0.5) is 0 Å². The van der Waals surface area contributed by atoms with Crippen LogP contribution in [0.5, 0.6) is 0 Å². The summed E-state index contributed by atoms with van der Waals surface area (Å²) in [6.45, 7) is 3.59. The van der Waals surface area contributed by atoms with Crippen LogP contribution in [0.1, 0.15) is 23.7 Å². The Bertz CT molecular complexity index is 242. The molecule has 0 amide bonds. The highest BCUT2D eigenvalue weighted by Gasteiger charge is 2.13. The number of thiazole rings is 1. The van der Waals surface area contributed by atoms with Crippen molar-refractivity contribution < 1.29 is 5.11 Å². The second kappa shape index (κ2) is 6.56. The third-order valence-electron chi connectivity index (χ3n) is 1.50. The molecule has 1 aromatic rings. The number of nitrogens with two attached hydrogens (primary N) is 1. The molecule has 0 aliphatic heterocycles. The molecule has 0 saturated heterocycles. The molecule has 0 fully saturated rings. The zero-order valence-corrected chi connectivity index (χ0v) is 9.88. The predicted octanol–water partition coefficient (Wildman–Crippen LogP) is 1.68. The Morgan fingerprint density at radius 3 is 2.38 bits per heavy atom. The fraction of sp³-hybridized carbons (Fsp3) is 0.571. The zero-order valence-electron chi connectivity index (χ0n) is 7.43. The molecule has 1 heterocycles. The smallest absolute Gasteiger partial charge is 0.0898 e. The lowest BCUT2D eigenvalue weighted by Gasteiger charge is -2.10. The van der Waals surface area contributed by atoms with Crippen LogP contribution in [-0.4, -0.2) is 16.2 Å². The Hall–Kier alpha value is 0.130. The van der Waals surface area contributed by atoms with Crippen molar-refractivity contribution in [2.75, 3.05) is 0 Å². The molecular weight excluding hydrogens is 231 g/mol. The van der Waals surface area contributed by atoms with Gasteiger partial charge < -0.3 is 10.8 Å². The van der Waals surface area contributed by atoms with Crippen LogP contribution < -0.4 is 5.73 Å². The highest BCUT2D eigenvalue weighted by Crippen LogP contribution is 2.16. The summed E-state index contributed by atoms with van der Waals surface area (Å²) in [5.74, 6) is 0. The van der Waals surface area contributed by atoms with Crippen molar-refractivity contribution in [3.8, 4) is 0 Å². The number of hydrogen-bond acceptors (Lipinski definition) is 4. The minimum absolute atomic E-state index is 0. The van der Waals surface area contributed by atoms with E-state index in [1.165, 1.54) is 0 Å². The molecule has 3 N–H and O–H groups in total. The average Bonchev–Trinajstić information content (AvgIpc) is 2.34. The maximum Gasteiger partial charge on any atom is 0.0898 e. The highest BCUT2D eigenvalue weighted by molar-refractivity contribution is 7.09. The van der Waals surface area contributed by atoms with Crippen molar-refractivity contribution in [3.63, 3.8) is 0 Å². The molecule has 78 valence electrons. The zero-order chi connectivity index (χ0) is 8.43. The van der Waals surface area contributed by atoms with E-state index in [1.54, 1.807) is 18.3 Å². The molecule has 1 aromatic heterocycles. The standard InChI is InChI=1S/C7H12N2OS.2ClH/c1-4(10)7(8)6-3-11-5(2)9-6;;/h3-4,7,10H,8H2,1-2H3;2*1H. The molecule has 0 radical (unpaired) electrons. The van der Waals surface area contributed by atoms with Gasteiger partial charge in [0.25, 0.3) is 0 Å². The SMILES string of the molecule is Cc1nc(C(N)C(C)O)cs1.Cl.Cl. The lowest BCUT2D eigenvalue weighted by atomic mass is 10.1. The van der Waals surface area contributed by atoms with Gasteiger partial charge in [-0.15, -0.1) is 36.2 Å².